The number of carboxylic acids is 1. The Balaban J connectivity index is 2.21. The summed E-state index contributed by atoms with van der Waals surface area (Å²) in [7, 11) is 0. The predicted octanol–water partition coefficient (Wildman–Crippen LogP) is 0.708. The number of amides is 1. The van der Waals surface area contributed by atoms with Crippen LogP contribution in [0.15, 0.2) is 18.5 Å². The third-order valence-electron chi connectivity index (χ3n) is 2.80. The maximum absolute atomic E-state index is 12.0. The number of nitrogens with zero attached hydrogens (tertiary/aromatic N) is 1. The predicted molar refractivity (Wildman–Crippen MR) is 62.5 cm³/mol. The lowest BCUT2D eigenvalue weighted by atomic mass is 9.98. The molecule has 1 aliphatic rings. The number of aliphatic carboxylic acids is 1. The molecule has 18 heavy (non-hydrogen) atoms. The zero-order valence-corrected chi connectivity index (χ0v) is 10.1. The second-order valence-electron chi connectivity index (χ2n) is 4.00. The van der Waals surface area contributed by atoms with Gasteiger partial charge in [-0.2, -0.15) is 0 Å². The van der Waals surface area contributed by atoms with Crippen molar-refractivity contribution in [1.82, 2.24) is 10.3 Å². The minimum Gasteiger partial charge on any atom is -0.479 e. The van der Waals surface area contributed by atoms with Crippen LogP contribution in [0.4, 0.5) is 0 Å². The number of pyridine rings is 1. The van der Waals surface area contributed by atoms with E-state index in [9.17, 15) is 14.7 Å². The molecule has 2 rings (SSSR count). The Morgan fingerprint density at radius 3 is 2.89 bits per heavy atom. The molecule has 7 heteroatoms. The number of hydrogen-bond donors (Lipinski definition) is 2. The molecule has 0 radical (unpaired) electrons. The summed E-state index contributed by atoms with van der Waals surface area (Å²) in [6.45, 7) is 0.257. The van der Waals surface area contributed by atoms with Gasteiger partial charge in [0.25, 0.3) is 5.91 Å². The monoisotopic (exact) mass is 270 g/mol. The van der Waals surface area contributed by atoms with Gasteiger partial charge in [-0.05, 0) is 6.07 Å². The number of hydrogen-bond acceptors (Lipinski definition) is 4. The Bertz CT molecular complexity index is 486. The van der Waals surface area contributed by atoms with Gasteiger partial charge in [0, 0.05) is 25.4 Å². The molecular formula is C11H11ClN2O4. The second kappa shape index (κ2) is 4.91. The van der Waals surface area contributed by atoms with E-state index >= 15 is 0 Å². The lowest BCUT2D eigenvalue weighted by Gasteiger charge is -2.23. The Hall–Kier alpha value is -1.66. The van der Waals surface area contributed by atoms with E-state index in [-0.39, 0.29) is 23.6 Å². The van der Waals surface area contributed by atoms with Crippen LogP contribution in [-0.2, 0) is 9.53 Å². The van der Waals surface area contributed by atoms with Crippen molar-refractivity contribution in [1.29, 1.82) is 0 Å². The van der Waals surface area contributed by atoms with E-state index in [1.54, 1.807) is 0 Å². The van der Waals surface area contributed by atoms with Crippen LogP contribution in [0.5, 0.6) is 0 Å². The van der Waals surface area contributed by atoms with Crippen molar-refractivity contribution in [2.24, 2.45) is 0 Å². The number of ether oxygens (including phenoxy) is 1. The largest absolute Gasteiger partial charge is 0.479 e. The van der Waals surface area contributed by atoms with Crippen LogP contribution in [-0.4, -0.2) is 40.7 Å². The second-order valence-corrected chi connectivity index (χ2v) is 4.41. The van der Waals surface area contributed by atoms with E-state index < -0.39 is 17.4 Å². The summed E-state index contributed by atoms with van der Waals surface area (Å²) < 4.78 is 5.05. The minimum absolute atomic E-state index is 0.0449. The Labute approximate surface area is 108 Å². The van der Waals surface area contributed by atoms with Gasteiger partial charge >= 0.3 is 5.97 Å². The maximum atomic E-state index is 12.0. The van der Waals surface area contributed by atoms with E-state index in [4.69, 9.17) is 16.3 Å². The molecule has 1 unspecified atom stereocenters. The maximum Gasteiger partial charge on any atom is 0.331 e. The molecule has 0 saturated carbocycles. The third kappa shape index (κ3) is 2.30. The highest BCUT2D eigenvalue weighted by Gasteiger charge is 2.44. The highest BCUT2D eigenvalue weighted by atomic mass is 35.5. The average molecular weight is 271 g/mol. The molecule has 1 aromatic heterocycles. The topological polar surface area (TPSA) is 88.5 Å². The summed E-state index contributed by atoms with van der Waals surface area (Å²) in [6.07, 6.45) is 2.98. The molecule has 0 spiro atoms. The Kier molecular flexibility index (Phi) is 3.49. The third-order valence-corrected chi connectivity index (χ3v) is 3.10. The van der Waals surface area contributed by atoms with Crippen LogP contribution in [0.25, 0.3) is 0 Å². The molecule has 1 amide bonds. The first-order valence-corrected chi connectivity index (χ1v) is 5.66. The molecule has 0 aromatic carbocycles. The van der Waals surface area contributed by atoms with Gasteiger partial charge < -0.3 is 15.2 Å². The first-order chi connectivity index (χ1) is 8.55. The van der Waals surface area contributed by atoms with E-state index in [1.807, 2.05) is 0 Å². The zero-order chi connectivity index (χ0) is 13.2. The molecule has 1 aliphatic heterocycles. The normalized spacial score (nSPS) is 22.7. The van der Waals surface area contributed by atoms with Gasteiger partial charge in [0.15, 0.2) is 5.54 Å². The quantitative estimate of drug-likeness (QED) is 0.844. The molecule has 2 N–H and O–H groups in total. The standard InChI is InChI=1S/C11H11ClN2O4/c12-8-5-13-3-1-7(8)9(15)14-11(10(16)17)2-4-18-6-11/h1,3,5H,2,4,6H2,(H,14,15)(H,16,17). The average Bonchev–Trinajstić information content (AvgIpc) is 2.79. The van der Waals surface area contributed by atoms with Gasteiger partial charge in [0.05, 0.1) is 17.2 Å². The summed E-state index contributed by atoms with van der Waals surface area (Å²) in [6, 6.07) is 1.43. The summed E-state index contributed by atoms with van der Waals surface area (Å²) in [4.78, 5) is 27.0. The molecule has 1 aromatic rings. The molecule has 0 bridgehead atoms. The first kappa shape index (κ1) is 12.8. The van der Waals surface area contributed by atoms with Gasteiger partial charge in [0.2, 0.25) is 0 Å². The lowest BCUT2D eigenvalue weighted by molar-refractivity contribution is -0.144. The van der Waals surface area contributed by atoms with Gasteiger partial charge in [-0.25, -0.2) is 4.79 Å². The number of nitrogens with one attached hydrogen (secondary N) is 1. The SMILES string of the molecule is O=C(NC1(C(=O)O)CCOC1)c1ccncc1Cl. The summed E-state index contributed by atoms with van der Waals surface area (Å²) >= 11 is 5.83. The highest BCUT2D eigenvalue weighted by molar-refractivity contribution is 6.33. The Morgan fingerprint density at radius 1 is 1.56 bits per heavy atom. The fraction of sp³-hybridized carbons (Fsp3) is 0.364. The zero-order valence-electron chi connectivity index (χ0n) is 9.35. The van der Waals surface area contributed by atoms with Crippen LogP contribution >= 0.6 is 11.6 Å². The van der Waals surface area contributed by atoms with Crippen molar-refractivity contribution < 1.29 is 19.4 Å². The number of carbonyl (C=O) groups excluding carboxylic acids is 1. The van der Waals surface area contributed by atoms with Crippen molar-refractivity contribution in [3.63, 3.8) is 0 Å². The van der Waals surface area contributed by atoms with Gasteiger partial charge in [0.1, 0.15) is 0 Å². The smallest absolute Gasteiger partial charge is 0.331 e. The van der Waals surface area contributed by atoms with E-state index in [2.05, 4.69) is 10.3 Å². The molecule has 2 heterocycles. The lowest BCUT2D eigenvalue weighted by Crippen LogP contribution is -2.55. The summed E-state index contributed by atoms with van der Waals surface area (Å²) in [5, 5.41) is 11.8. The van der Waals surface area contributed by atoms with E-state index in [0.29, 0.717) is 6.61 Å². The fourth-order valence-corrected chi connectivity index (χ4v) is 1.93. The number of aromatic nitrogens is 1. The molecule has 0 aliphatic carbocycles. The minimum atomic E-state index is -1.37. The van der Waals surface area contributed by atoms with E-state index in [1.165, 1.54) is 18.5 Å². The van der Waals surface area contributed by atoms with Crippen molar-refractivity contribution in [3.8, 4) is 0 Å². The van der Waals surface area contributed by atoms with Gasteiger partial charge in [-0.1, -0.05) is 11.6 Å². The van der Waals surface area contributed by atoms with Gasteiger partial charge in [-0.3, -0.25) is 9.78 Å². The molecule has 1 saturated heterocycles. The van der Waals surface area contributed by atoms with Crippen LogP contribution in [0.3, 0.4) is 0 Å². The number of carboxylic acid groups (broad SMARTS) is 1. The van der Waals surface area contributed by atoms with Crippen molar-refractivity contribution in [2.75, 3.05) is 13.2 Å². The number of rotatable bonds is 3. The van der Waals surface area contributed by atoms with Crippen molar-refractivity contribution >= 4 is 23.5 Å². The fourth-order valence-electron chi connectivity index (χ4n) is 1.73. The Morgan fingerprint density at radius 2 is 2.33 bits per heavy atom. The molecular weight excluding hydrogens is 260 g/mol. The molecule has 96 valence electrons. The van der Waals surface area contributed by atoms with Crippen molar-refractivity contribution in [2.45, 2.75) is 12.0 Å². The van der Waals surface area contributed by atoms with Crippen LogP contribution < -0.4 is 5.32 Å². The van der Waals surface area contributed by atoms with Crippen LogP contribution in [0.2, 0.25) is 5.02 Å². The van der Waals surface area contributed by atoms with Gasteiger partial charge in [-0.15, -0.1) is 0 Å². The summed E-state index contributed by atoms with van der Waals surface area (Å²) in [5.74, 6) is -1.66. The summed E-state index contributed by atoms with van der Waals surface area (Å²) in [5.41, 5.74) is -1.18. The van der Waals surface area contributed by atoms with E-state index in [0.717, 1.165) is 0 Å². The molecule has 1 fully saturated rings. The van der Waals surface area contributed by atoms with Crippen LogP contribution in [0, 0.1) is 0 Å². The number of halogens is 1. The highest BCUT2D eigenvalue weighted by Crippen LogP contribution is 2.21. The van der Waals surface area contributed by atoms with Crippen molar-refractivity contribution in [3.05, 3.63) is 29.0 Å². The first-order valence-electron chi connectivity index (χ1n) is 5.28. The molecule has 6 nitrogen and oxygen atoms in total. The van der Waals surface area contributed by atoms with Crippen LogP contribution in [0.1, 0.15) is 16.8 Å². The number of carbonyl (C=O) groups is 2. The molecule has 1 atom stereocenters.